The zero-order valence-corrected chi connectivity index (χ0v) is 21.8. The molecule has 3 aromatic carbocycles. The lowest BCUT2D eigenvalue weighted by atomic mass is 10.1. The highest BCUT2D eigenvalue weighted by Crippen LogP contribution is 2.32. The highest BCUT2D eigenvalue weighted by Gasteiger charge is 2.33. The van der Waals surface area contributed by atoms with Gasteiger partial charge in [-0.1, -0.05) is 60.1 Å². The van der Waals surface area contributed by atoms with E-state index in [-0.39, 0.29) is 22.9 Å². The molecule has 36 heavy (non-hydrogen) atoms. The number of halogens is 1. The van der Waals surface area contributed by atoms with E-state index in [4.69, 9.17) is 16.3 Å². The predicted molar refractivity (Wildman–Crippen MR) is 139 cm³/mol. The number of likely N-dealkylation sites (N-methyl/N-ethyl adjacent to an activating group) is 1. The number of hydrogen-bond acceptors (Lipinski definition) is 5. The third-order valence-corrected chi connectivity index (χ3v) is 7.82. The van der Waals surface area contributed by atoms with Gasteiger partial charge in [-0.05, 0) is 42.8 Å². The van der Waals surface area contributed by atoms with Crippen molar-refractivity contribution < 1.29 is 22.7 Å². The number of amides is 2. The zero-order valence-electron chi connectivity index (χ0n) is 20.2. The number of benzene rings is 3. The molecule has 1 N–H and O–H groups in total. The molecule has 3 aromatic rings. The van der Waals surface area contributed by atoms with Gasteiger partial charge < -0.3 is 15.0 Å². The first-order valence-electron chi connectivity index (χ1n) is 11.2. The molecular formula is C26H28ClN3O5S. The van der Waals surface area contributed by atoms with Crippen molar-refractivity contribution in [1.29, 1.82) is 0 Å². The van der Waals surface area contributed by atoms with Crippen molar-refractivity contribution in [2.45, 2.75) is 24.4 Å². The van der Waals surface area contributed by atoms with E-state index < -0.39 is 34.4 Å². The van der Waals surface area contributed by atoms with E-state index in [1.54, 1.807) is 73.7 Å². The van der Waals surface area contributed by atoms with Crippen LogP contribution in [0, 0.1) is 0 Å². The van der Waals surface area contributed by atoms with E-state index in [0.29, 0.717) is 10.6 Å². The van der Waals surface area contributed by atoms with Crippen molar-refractivity contribution >= 4 is 39.1 Å². The molecule has 3 rings (SSSR count). The highest BCUT2D eigenvalue weighted by molar-refractivity contribution is 7.92. The number of carbonyl (C=O) groups is 2. The Morgan fingerprint density at radius 1 is 0.972 bits per heavy atom. The molecule has 0 heterocycles. The Balaban J connectivity index is 2.07. The van der Waals surface area contributed by atoms with Gasteiger partial charge in [-0.15, -0.1) is 0 Å². The maximum absolute atomic E-state index is 13.7. The monoisotopic (exact) mass is 529 g/mol. The molecule has 0 aliphatic rings. The molecule has 190 valence electrons. The number of rotatable bonds is 10. The average Bonchev–Trinajstić information content (AvgIpc) is 2.90. The van der Waals surface area contributed by atoms with Gasteiger partial charge in [0.25, 0.3) is 10.0 Å². The molecule has 8 nitrogen and oxygen atoms in total. The van der Waals surface area contributed by atoms with Crippen LogP contribution in [0.2, 0.25) is 5.02 Å². The molecular weight excluding hydrogens is 502 g/mol. The molecule has 0 aliphatic carbocycles. The minimum atomic E-state index is -4.17. The molecule has 0 aromatic heterocycles. The van der Waals surface area contributed by atoms with Crippen LogP contribution in [-0.2, 0) is 26.2 Å². The number of carbonyl (C=O) groups excluding carboxylic acids is 2. The average molecular weight is 530 g/mol. The molecule has 0 aliphatic heterocycles. The number of anilines is 1. The summed E-state index contributed by atoms with van der Waals surface area (Å²) in [6.45, 7) is 1.02. The molecule has 0 spiro atoms. The standard InChI is InChI=1S/C26H28ClN3O5S/c1-19(26(32)28-2)29(17-20-11-7-8-14-22(20)27)25(31)18-30(23-15-9-10-16-24(23)35-3)36(33,34)21-12-5-4-6-13-21/h4-16,19H,17-18H2,1-3H3,(H,28,32). The topological polar surface area (TPSA) is 96.0 Å². The van der Waals surface area contributed by atoms with Crippen molar-refractivity contribution in [2.75, 3.05) is 25.0 Å². The minimum absolute atomic E-state index is 0.0121. The Labute approximate surface area is 216 Å². The number of hydrogen-bond donors (Lipinski definition) is 1. The van der Waals surface area contributed by atoms with Crippen LogP contribution in [0.5, 0.6) is 5.75 Å². The molecule has 2 amide bonds. The molecule has 0 bridgehead atoms. The minimum Gasteiger partial charge on any atom is -0.495 e. The normalized spacial score (nSPS) is 11.9. The van der Waals surface area contributed by atoms with Crippen LogP contribution >= 0.6 is 11.6 Å². The summed E-state index contributed by atoms with van der Waals surface area (Å²) in [6.07, 6.45) is 0. The number of sulfonamides is 1. The Hall–Kier alpha value is -3.56. The fraction of sp³-hybridized carbons (Fsp3) is 0.231. The smallest absolute Gasteiger partial charge is 0.264 e. The Kier molecular flexibility index (Phi) is 8.95. The van der Waals surface area contributed by atoms with Crippen LogP contribution in [0.15, 0.2) is 83.8 Å². The van der Waals surface area contributed by atoms with E-state index in [9.17, 15) is 18.0 Å². The lowest BCUT2D eigenvalue weighted by molar-refractivity contribution is -0.139. The van der Waals surface area contributed by atoms with Crippen LogP contribution < -0.4 is 14.4 Å². The van der Waals surface area contributed by atoms with Crippen LogP contribution in [0.4, 0.5) is 5.69 Å². The summed E-state index contributed by atoms with van der Waals surface area (Å²) in [5.41, 5.74) is 0.820. The molecule has 10 heteroatoms. The summed E-state index contributed by atoms with van der Waals surface area (Å²) in [4.78, 5) is 27.6. The van der Waals surface area contributed by atoms with Gasteiger partial charge in [0.1, 0.15) is 18.3 Å². The molecule has 0 fully saturated rings. The van der Waals surface area contributed by atoms with Crippen molar-refractivity contribution in [3.05, 3.63) is 89.4 Å². The summed E-state index contributed by atoms with van der Waals surface area (Å²) in [6, 6.07) is 20.4. The summed E-state index contributed by atoms with van der Waals surface area (Å²) >= 11 is 6.32. The fourth-order valence-electron chi connectivity index (χ4n) is 3.67. The Bertz CT molecular complexity index is 1320. The molecule has 0 saturated heterocycles. The predicted octanol–water partition coefficient (Wildman–Crippen LogP) is 3.71. The second kappa shape index (κ2) is 11.9. The van der Waals surface area contributed by atoms with E-state index in [0.717, 1.165) is 4.31 Å². The van der Waals surface area contributed by atoms with E-state index in [1.807, 2.05) is 0 Å². The van der Waals surface area contributed by atoms with Crippen molar-refractivity contribution in [3.63, 3.8) is 0 Å². The van der Waals surface area contributed by atoms with Gasteiger partial charge >= 0.3 is 0 Å². The highest BCUT2D eigenvalue weighted by atomic mass is 35.5. The van der Waals surface area contributed by atoms with Gasteiger partial charge in [0, 0.05) is 18.6 Å². The maximum Gasteiger partial charge on any atom is 0.264 e. The number of para-hydroxylation sites is 2. The van der Waals surface area contributed by atoms with Crippen LogP contribution in [0.3, 0.4) is 0 Å². The summed E-state index contributed by atoms with van der Waals surface area (Å²) in [5, 5.41) is 2.97. The molecule has 1 atom stereocenters. The number of nitrogens with one attached hydrogen (secondary N) is 1. The number of ether oxygens (including phenoxy) is 1. The maximum atomic E-state index is 13.7. The summed E-state index contributed by atoms with van der Waals surface area (Å²) in [5.74, 6) is -0.705. The van der Waals surface area contributed by atoms with Crippen LogP contribution in [0.25, 0.3) is 0 Å². The Morgan fingerprint density at radius 2 is 1.58 bits per heavy atom. The van der Waals surface area contributed by atoms with Crippen LogP contribution in [0.1, 0.15) is 12.5 Å². The molecule has 0 saturated carbocycles. The van der Waals surface area contributed by atoms with E-state index in [2.05, 4.69) is 5.32 Å². The van der Waals surface area contributed by atoms with E-state index >= 15 is 0 Å². The first-order valence-corrected chi connectivity index (χ1v) is 13.0. The van der Waals surface area contributed by atoms with E-state index in [1.165, 1.54) is 31.2 Å². The zero-order chi connectivity index (χ0) is 26.3. The number of nitrogens with zero attached hydrogens (tertiary/aromatic N) is 2. The third-order valence-electron chi connectivity index (χ3n) is 5.68. The van der Waals surface area contributed by atoms with Gasteiger partial charge in [0.05, 0.1) is 17.7 Å². The SMILES string of the molecule is CNC(=O)C(C)N(Cc1ccccc1Cl)C(=O)CN(c1ccccc1OC)S(=O)(=O)c1ccccc1. The van der Waals surface area contributed by atoms with Crippen LogP contribution in [-0.4, -0.2) is 51.9 Å². The second-order valence-corrected chi connectivity index (χ2v) is 10.2. The van der Waals surface area contributed by atoms with Gasteiger partial charge in [0.2, 0.25) is 11.8 Å². The van der Waals surface area contributed by atoms with Crippen molar-refractivity contribution in [3.8, 4) is 5.75 Å². The fourth-order valence-corrected chi connectivity index (χ4v) is 5.31. The van der Waals surface area contributed by atoms with Crippen molar-refractivity contribution in [1.82, 2.24) is 10.2 Å². The number of methoxy groups -OCH3 is 1. The summed E-state index contributed by atoms with van der Waals surface area (Å²) in [7, 11) is -1.28. The summed E-state index contributed by atoms with van der Waals surface area (Å²) < 4.78 is 33.9. The Morgan fingerprint density at radius 3 is 2.22 bits per heavy atom. The van der Waals surface area contributed by atoms with Gasteiger partial charge in [-0.25, -0.2) is 8.42 Å². The largest absolute Gasteiger partial charge is 0.495 e. The third kappa shape index (κ3) is 5.98. The van der Waals surface area contributed by atoms with Gasteiger partial charge in [-0.3, -0.25) is 13.9 Å². The van der Waals surface area contributed by atoms with Gasteiger partial charge in [-0.2, -0.15) is 0 Å². The van der Waals surface area contributed by atoms with Gasteiger partial charge in [0.15, 0.2) is 0 Å². The first kappa shape index (κ1) is 27.0. The lowest BCUT2D eigenvalue weighted by Crippen LogP contribution is -2.50. The quantitative estimate of drug-likeness (QED) is 0.432. The molecule has 0 radical (unpaired) electrons. The second-order valence-electron chi connectivity index (χ2n) is 7.90. The lowest BCUT2D eigenvalue weighted by Gasteiger charge is -2.32. The first-order chi connectivity index (χ1) is 17.2. The molecule has 1 unspecified atom stereocenters. The van der Waals surface area contributed by atoms with Crippen molar-refractivity contribution in [2.24, 2.45) is 0 Å².